The number of aliphatic hydroxyl groups is 3. The Morgan fingerprint density at radius 1 is 0.977 bits per heavy atom. The van der Waals surface area contributed by atoms with Gasteiger partial charge in [0.25, 0.3) is 0 Å². The molecule has 0 radical (unpaired) electrons. The summed E-state index contributed by atoms with van der Waals surface area (Å²) in [6.45, 7) is 10.9. The summed E-state index contributed by atoms with van der Waals surface area (Å²) in [5.74, 6) is -6.39. The van der Waals surface area contributed by atoms with Crippen molar-refractivity contribution >= 4 is 29.8 Å². The molecule has 0 spiro atoms. The van der Waals surface area contributed by atoms with Gasteiger partial charge in [0.1, 0.15) is 24.4 Å². The monoisotopic (exact) mass is 612 g/mol. The third kappa shape index (κ3) is 6.16. The summed E-state index contributed by atoms with van der Waals surface area (Å²) in [6, 6.07) is 0. The lowest BCUT2D eigenvalue weighted by Crippen LogP contribution is -2.73. The molecule has 242 valence electrons. The van der Waals surface area contributed by atoms with Crippen molar-refractivity contribution in [1.29, 1.82) is 0 Å². The minimum Gasteiger partial charge on any atom is -0.462 e. The number of hydrogen-bond donors (Lipinski definition) is 3. The Bertz CT molecular complexity index is 1160. The molecule has 43 heavy (non-hydrogen) atoms. The first-order valence-electron chi connectivity index (χ1n) is 14.5. The Labute approximate surface area is 250 Å². The summed E-state index contributed by atoms with van der Waals surface area (Å²) < 4.78 is 28.8. The van der Waals surface area contributed by atoms with E-state index in [1.165, 1.54) is 6.08 Å². The highest BCUT2D eigenvalue weighted by molar-refractivity contribution is 5.84. The van der Waals surface area contributed by atoms with Crippen LogP contribution in [0.25, 0.3) is 0 Å². The molecule has 1 saturated heterocycles. The van der Waals surface area contributed by atoms with Crippen LogP contribution >= 0.6 is 0 Å². The average Bonchev–Trinajstić information content (AvgIpc) is 3.03. The molecule has 0 bridgehead atoms. The van der Waals surface area contributed by atoms with Gasteiger partial charge >= 0.3 is 29.8 Å². The van der Waals surface area contributed by atoms with E-state index in [1.807, 2.05) is 0 Å². The fourth-order valence-corrected chi connectivity index (χ4v) is 7.10. The number of carbonyl (C=O) groups is 5. The summed E-state index contributed by atoms with van der Waals surface area (Å²) in [6.07, 6.45) is -6.77. The molecule has 1 aliphatic heterocycles. The zero-order valence-corrected chi connectivity index (χ0v) is 25.9. The zero-order chi connectivity index (χ0) is 32.7. The molecule has 3 N–H and O–H groups in total. The SMILES string of the molecule is CCCC(=O)O[C@H]1C/C(C)=C\[C@@H]2OC(=O)[C@](C)(O)[C@]2(O)[C@H](OC(C)=O)[C@H]2[C@@H](C)[C@@H](O)C[C@H](OC(C)=O)[C@]2(C)[C@H]1OC(C)=O. The van der Waals surface area contributed by atoms with Crippen LogP contribution in [0.2, 0.25) is 0 Å². The lowest BCUT2D eigenvalue weighted by atomic mass is 9.52. The second-order valence-electron chi connectivity index (χ2n) is 12.4. The van der Waals surface area contributed by atoms with Crippen molar-refractivity contribution in [3.63, 3.8) is 0 Å². The summed E-state index contributed by atoms with van der Waals surface area (Å²) in [4.78, 5) is 63.7. The molecule has 1 heterocycles. The fraction of sp³-hybridized carbons (Fsp3) is 0.767. The maximum absolute atomic E-state index is 13.0. The molecule has 1 saturated carbocycles. The van der Waals surface area contributed by atoms with Crippen LogP contribution < -0.4 is 0 Å². The lowest BCUT2D eigenvalue weighted by molar-refractivity contribution is -0.272. The number of esters is 5. The van der Waals surface area contributed by atoms with Crippen molar-refractivity contribution in [3.05, 3.63) is 11.6 Å². The molecule has 0 aromatic rings. The number of hydrogen-bond acceptors (Lipinski definition) is 13. The van der Waals surface area contributed by atoms with Crippen LogP contribution in [0.15, 0.2) is 11.6 Å². The number of aliphatic hydroxyl groups excluding tert-OH is 1. The molecule has 3 aliphatic rings. The van der Waals surface area contributed by atoms with E-state index in [4.69, 9.17) is 23.7 Å². The van der Waals surface area contributed by atoms with Crippen molar-refractivity contribution < 1.29 is 63.0 Å². The van der Waals surface area contributed by atoms with Gasteiger partial charge in [0.05, 0.1) is 11.5 Å². The third-order valence-electron chi connectivity index (χ3n) is 9.19. The minimum absolute atomic E-state index is 0.0492. The molecular formula is C30H44O13. The van der Waals surface area contributed by atoms with Gasteiger partial charge in [-0.3, -0.25) is 19.2 Å². The first kappa shape index (κ1) is 34.5. The van der Waals surface area contributed by atoms with Crippen molar-refractivity contribution in [2.45, 2.75) is 129 Å². The highest BCUT2D eigenvalue weighted by Gasteiger charge is 2.74. The predicted molar refractivity (Wildman–Crippen MR) is 147 cm³/mol. The van der Waals surface area contributed by atoms with Crippen LogP contribution in [0.4, 0.5) is 0 Å². The van der Waals surface area contributed by atoms with Crippen LogP contribution in [-0.2, 0) is 47.7 Å². The van der Waals surface area contributed by atoms with Gasteiger partial charge in [-0.25, -0.2) is 4.79 Å². The summed E-state index contributed by atoms with van der Waals surface area (Å²) >= 11 is 0. The fourth-order valence-electron chi connectivity index (χ4n) is 7.10. The molecule has 11 atom stereocenters. The summed E-state index contributed by atoms with van der Waals surface area (Å²) in [7, 11) is 0. The Morgan fingerprint density at radius 2 is 1.53 bits per heavy atom. The number of rotatable bonds is 6. The van der Waals surface area contributed by atoms with Crippen molar-refractivity contribution in [2.75, 3.05) is 0 Å². The van der Waals surface area contributed by atoms with E-state index in [9.17, 15) is 39.3 Å². The van der Waals surface area contributed by atoms with Crippen LogP contribution in [0, 0.1) is 17.3 Å². The van der Waals surface area contributed by atoms with Gasteiger partial charge in [-0.15, -0.1) is 0 Å². The Balaban J connectivity index is 2.48. The van der Waals surface area contributed by atoms with Crippen LogP contribution in [0.1, 0.15) is 81.1 Å². The first-order chi connectivity index (χ1) is 19.8. The molecule has 3 rings (SSSR count). The minimum atomic E-state index is -2.64. The van der Waals surface area contributed by atoms with Crippen molar-refractivity contribution in [2.24, 2.45) is 17.3 Å². The van der Waals surface area contributed by atoms with Crippen molar-refractivity contribution in [1.82, 2.24) is 0 Å². The predicted octanol–water partition coefficient (Wildman–Crippen LogP) is 1.27. The smallest absolute Gasteiger partial charge is 0.341 e. The van der Waals surface area contributed by atoms with Gasteiger partial charge < -0.3 is 39.0 Å². The Hall–Kier alpha value is -3.03. The topological polar surface area (TPSA) is 192 Å². The van der Waals surface area contributed by atoms with Gasteiger partial charge in [0.2, 0.25) is 0 Å². The first-order valence-corrected chi connectivity index (χ1v) is 14.5. The molecule has 0 aromatic heterocycles. The van der Waals surface area contributed by atoms with E-state index in [2.05, 4.69) is 0 Å². The molecule has 2 aliphatic carbocycles. The molecular weight excluding hydrogens is 568 g/mol. The van der Waals surface area contributed by atoms with E-state index in [0.717, 1.165) is 27.7 Å². The van der Waals surface area contributed by atoms with Crippen LogP contribution in [0.5, 0.6) is 0 Å². The highest BCUT2D eigenvalue weighted by Crippen LogP contribution is 2.57. The summed E-state index contributed by atoms with van der Waals surface area (Å²) in [5, 5.41) is 35.2. The van der Waals surface area contributed by atoms with Crippen molar-refractivity contribution in [3.8, 4) is 0 Å². The van der Waals surface area contributed by atoms with Gasteiger partial charge in [0.15, 0.2) is 17.3 Å². The molecule has 13 heteroatoms. The average molecular weight is 613 g/mol. The molecule has 0 amide bonds. The van der Waals surface area contributed by atoms with E-state index >= 15 is 0 Å². The van der Waals surface area contributed by atoms with E-state index < -0.39 is 94.9 Å². The Kier molecular flexibility index (Phi) is 10.0. The maximum Gasteiger partial charge on any atom is 0.341 e. The highest BCUT2D eigenvalue weighted by atomic mass is 16.6. The van der Waals surface area contributed by atoms with Gasteiger partial charge in [0, 0.05) is 46.0 Å². The standard InChI is InChI=1S/C30H44O13/c1-9-10-23(35)42-20-11-14(2)12-22-30(38,29(8,37)27(36)43-22)26(41-18(6)33)24-15(3)19(34)13-21(39-16(4)31)28(24,7)25(20)40-17(5)32/h12,15,19-22,24-26,34,37-38H,9-11,13H2,1-8H3/b14-12-/t15-,19-,20-,21-,22-,24+,25-,26+,28-,29-,30+/m0/s1. The number of carbonyl (C=O) groups excluding carboxylic acids is 5. The van der Waals surface area contributed by atoms with Crippen LogP contribution in [-0.4, -0.2) is 93.0 Å². The van der Waals surface area contributed by atoms with Gasteiger partial charge in [-0.2, -0.15) is 0 Å². The number of ether oxygens (including phenoxy) is 5. The van der Waals surface area contributed by atoms with Gasteiger partial charge in [-0.05, 0) is 32.3 Å². The molecule has 0 unspecified atom stereocenters. The third-order valence-corrected chi connectivity index (χ3v) is 9.19. The van der Waals surface area contributed by atoms with E-state index in [-0.39, 0.29) is 19.3 Å². The quantitative estimate of drug-likeness (QED) is 0.221. The second kappa shape index (κ2) is 12.5. The largest absolute Gasteiger partial charge is 0.462 e. The lowest BCUT2D eigenvalue weighted by Gasteiger charge is -2.59. The van der Waals surface area contributed by atoms with Gasteiger partial charge in [-0.1, -0.05) is 26.3 Å². The molecule has 13 nitrogen and oxygen atoms in total. The second-order valence-corrected chi connectivity index (χ2v) is 12.4. The molecule has 0 aromatic carbocycles. The zero-order valence-electron chi connectivity index (χ0n) is 25.9. The van der Waals surface area contributed by atoms with E-state index in [1.54, 1.807) is 27.7 Å². The van der Waals surface area contributed by atoms with E-state index in [0.29, 0.717) is 12.0 Å². The number of fused-ring (bicyclic) bond motifs is 2. The van der Waals surface area contributed by atoms with Crippen LogP contribution in [0.3, 0.4) is 0 Å². The molecule has 2 fully saturated rings. The summed E-state index contributed by atoms with van der Waals surface area (Å²) in [5.41, 5.74) is -6.51. The normalized spacial score (nSPS) is 42.2. The Morgan fingerprint density at radius 3 is 2.07 bits per heavy atom. The maximum atomic E-state index is 13.0.